The molecular formula is C22H18F3N5O. The van der Waals surface area contributed by atoms with E-state index in [4.69, 9.17) is 0 Å². The molecule has 1 aromatic carbocycles. The molecule has 9 heteroatoms. The van der Waals surface area contributed by atoms with E-state index in [2.05, 4.69) is 20.3 Å². The van der Waals surface area contributed by atoms with Crippen LogP contribution in [0.4, 0.5) is 29.6 Å². The Balaban J connectivity index is 1.53. The number of hydrogen-bond donors (Lipinski definition) is 1. The first-order chi connectivity index (χ1) is 14.9. The van der Waals surface area contributed by atoms with Gasteiger partial charge in [-0.1, -0.05) is 24.6 Å². The van der Waals surface area contributed by atoms with Gasteiger partial charge in [-0.3, -0.25) is 15.2 Å². The van der Waals surface area contributed by atoms with E-state index >= 15 is 0 Å². The molecular weight excluding hydrogens is 407 g/mol. The number of amides is 2. The molecule has 0 radical (unpaired) electrons. The van der Waals surface area contributed by atoms with Crippen molar-refractivity contribution in [1.82, 2.24) is 15.0 Å². The van der Waals surface area contributed by atoms with Crippen molar-refractivity contribution in [3.8, 4) is 11.3 Å². The van der Waals surface area contributed by atoms with Crippen LogP contribution in [0.15, 0.2) is 55.0 Å². The highest BCUT2D eigenvalue weighted by Gasteiger charge is 2.45. The van der Waals surface area contributed by atoms with E-state index in [1.807, 2.05) is 6.07 Å². The third-order valence-electron chi connectivity index (χ3n) is 5.85. The molecule has 0 saturated heterocycles. The lowest BCUT2D eigenvalue weighted by Crippen LogP contribution is -2.40. The fraction of sp³-hybridized carbons (Fsp3) is 0.273. The molecule has 0 bridgehead atoms. The molecule has 3 heterocycles. The third-order valence-corrected chi connectivity index (χ3v) is 5.85. The van der Waals surface area contributed by atoms with Crippen LogP contribution in [-0.2, 0) is 6.18 Å². The van der Waals surface area contributed by atoms with E-state index in [1.54, 1.807) is 17.0 Å². The van der Waals surface area contributed by atoms with Crippen molar-refractivity contribution in [3.63, 3.8) is 0 Å². The Labute approximate surface area is 176 Å². The zero-order valence-electron chi connectivity index (χ0n) is 16.3. The molecule has 1 fully saturated rings. The van der Waals surface area contributed by atoms with Gasteiger partial charge in [-0.2, -0.15) is 13.2 Å². The van der Waals surface area contributed by atoms with Gasteiger partial charge in [-0.15, -0.1) is 0 Å². The highest BCUT2D eigenvalue weighted by molar-refractivity contribution is 6.03. The number of fused-ring (bicyclic) bond motifs is 3. The number of alkyl halides is 3. The average molecular weight is 425 g/mol. The van der Waals surface area contributed by atoms with E-state index in [1.165, 1.54) is 24.7 Å². The number of hydrogen-bond acceptors (Lipinski definition) is 4. The molecule has 0 spiro atoms. The highest BCUT2D eigenvalue weighted by Crippen LogP contribution is 2.49. The summed E-state index contributed by atoms with van der Waals surface area (Å²) in [6, 6.07) is 8.27. The molecule has 1 N–H and O–H groups in total. The van der Waals surface area contributed by atoms with Crippen LogP contribution in [0.1, 0.15) is 36.3 Å². The zero-order chi connectivity index (χ0) is 21.6. The molecule has 2 amide bonds. The first-order valence-electron chi connectivity index (χ1n) is 9.96. The summed E-state index contributed by atoms with van der Waals surface area (Å²) in [7, 11) is 0. The van der Waals surface area contributed by atoms with Crippen molar-refractivity contribution in [1.29, 1.82) is 0 Å². The number of aromatic nitrogens is 3. The Kier molecular flexibility index (Phi) is 4.60. The van der Waals surface area contributed by atoms with Crippen LogP contribution in [0.25, 0.3) is 11.3 Å². The Morgan fingerprint density at radius 3 is 2.77 bits per heavy atom. The molecule has 1 aliphatic heterocycles. The van der Waals surface area contributed by atoms with Crippen LogP contribution in [0.2, 0.25) is 0 Å². The SMILES string of the molecule is O=C(Nc1cnccn1)N1c2nc(-c3cccc(C(F)(F)F)c3)ccc2C2CCCC21. The number of pyridine rings is 1. The molecule has 3 aromatic rings. The monoisotopic (exact) mass is 425 g/mol. The zero-order valence-corrected chi connectivity index (χ0v) is 16.3. The minimum Gasteiger partial charge on any atom is -0.291 e. The average Bonchev–Trinajstić information content (AvgIpc) is 3.34. The fourth-order valence-electron chi connectivity index (χ4n) is 4.51. The molecule has 1 saturated carbocycles. The summed E-state index contributed by atoms with van der Waals surface area (Å²) in [4.78, 5) is 27.4. The number of nitrogens with zero attached hydrogens (tertiary/aromatic N) is 4. The van der Waals surface area contributed by atoms with Gasteiger partial charge in [0.1, 0.15) is 5.82 Å². The van der Waals surface area contributed by atoms with Gasteiger partial charge >= 0.3 is 12.2 Å². The van der Waals surface area contributed by atoms with Gasteiger partial charge in [0.05, 0.1) is 17.5 Å². The minimum absolute atomic E-state index is 0.0315. The summed E-state index contributed by atoms with van der Waals surface area (Å²) in [6.45, 7) is 0. The molecule has 1 aliphatic carbocycles. The maximum atomic E-state index is 13.1. The number of carbonyl (C=O) groups is 1. The fourth-order valence-corrected chi connectivity index (χ4v) is 4.51. The maximum Gasteiger partial charge on any atom is 0.416 e. The van der Waals surface area contributed by atoms with Crippen LogP contribution < -0.4 is 10.2 Å². The largest absolute Gasteiger partial charge is 0.416 e. The Bertz CT molecular complexity index is 1140. The standard InChI is InChI=1S/C22H18F3N5O/c23-22(24,25)14-4-1-3-13(11-14)17-8-7-16-15-5-2-6-18(15)30(20(16)28-17)21(31)29-19-12-26-9-10-27-19/h1,3-4,7-12,15,18H,2,5-6H2,(H,27,29,31). The number of halogens is 3. The molecule has 5 rings (SSSR count). The molecule has 2 unspecified atom stereocenters. The first kappa shape index (κ1) is 19.5. The molecule has 31 heavy (non-hydrogen) atoms. The predicted octanol–water partition coefficient (Wildman–Crippen LogP) is 5.25. The van der Waals surface area contributed by atoms with Gasteiger partial charge in [0.25, 0.3) is 0 Å². The second-order valence-electron chi connectivity index (χ2n) is 7.68. The van der Waals surface area contributed by atoms with Gasteiger partial charge in [0.15, 0.2) is 5.82 Å². The van der Waals surface area contributed by atoms with Crippen LogP contribution >= 0.6 is 0 Å². The second kappa shape index (κ2) is 7.33. The van der Waals surface area contributed by atoms with Crippen molar-refractivity contribution in [3.05, 3.63) is 66.1 Å². The minimum atomic E-state index is -4.44. The number of carbonyl (C=O) groups excluding carboxylic acids is 1. The van der Waals surface area contributed by atoms with Gasteiger partial charge in [-0.05, 0) is 31.0 Å². The molecule has 2 aromatic heterocycles. The summed E-state index contributed by atoms with van der Waals surface area (Å²) in [6.07, 6.45) is 2.79. The van der Waals surface area contributed by atoms with Crippen LogP contribution in [0, 0.1) is 0 Å². The van der Waals surface area contributed by atoms with Crippen LogP contribution in [0.5, 0.6) is 0 Å². The molecule has 6 nitrogen and oxygen atoms in total. The maximum absolute atomic E-state index is 13.1. The normalized spacial score (nSPS) is 19.8. The Morgan fingerprint density at radius 2 is 2.00 bits per heavy atom. The van der Waals surface area contributed by atoms with Crippen molar-refractivity contribution >= 4 is 17.7 Å². The van der Waals surface area contributed by atoms with E-state index in [0.717, 1.165) is 37.0 Å². The van der Waals surface area contributed by atoms with Crippen molar-refractivity contribution in [2.45, 2.75) is 37.4 Å². The summed E-state index contributed by atoms with van der Waals surface area (Å²) >= 11 is 0. The summed E-state index contributed by atoms with van der Waals surface area (Å²) in [5.41, 5.74) is 0.958. The van der Waals surface area contributed by atoms with E-state index in [-0.39, 0.29) is 18.0 Å². The number of urea groups is 1. The van der Waals surface area contributed by atoms with E-state index < -0.39 is 11.7 Å². The highest BCUT2D eigenvalue weighted by atomic mass is 19.4. The van der Waals surface area contributed by atoms with Crippen molar-refractivity contribution < 1.29 is 18.0 Å². The van der Waals surface area contributed by atoms with E-state index in [0.29, 0.717) is 22.9 Å². The lowest BCUT2D eigenvalue weighted by Gasteiger charge is -2.24. The quantitative estimate of drug-likeness (QED) is 0.609. The number of rotatable bonds is 2. The van der Waals surface area contributed by atoms with Crippen LogP contribution in [0.3, 0.4) is 0 Å². The topological polar surface area (TPSA) is 71.0 Å². The van der Waals surface area contributed by atoms with Gasteiger partial charge in [0, 0.05) is 35.5 Å². The lowest BCUT2D eigenvalue weighted by atomic mass is 9.98. The molecule has 158 valence electrons. The van der Waals surface area contributed by atoms with Gasteiger partial charge in [-0.25, -0.2) is 14.8 Å². The van der Waals surface area contributed by atoms with Crippen molar-refractivity contribution in [2.24, 2.45) is 0 Å². The van der Waals surface area contributed by atoms with Gasteiger partial charge < -0.3 is 0 Å². The van der Waals surface area contributed by atoms with Crippen LogP contribution in [-0.4, -0.2) is 27.0 Å². The number of nitrogens with one attached hydrogen (secondary N) is 1. The molecule has 2 atom stereocenters. The lowest BCUT2D eigenvalue weighted by molar-refractivity contribution is -0.137. The Morgan fingerprint density at radius 1 is 1.13 bits per heavy atom. The molecule has 2 aliphatic rings. The predicted molar refractivity (Wildman–Crippen MR) is 109 cm³/mol. The first-order valence-corrected chi connectivity index (χ1v) is 9.96. The summed E-state index contributed by atoms with van der Waals surface area (Å²) in [5, 5.41) is 2.75. The summed E-state index contributed by atoms with van der Waals surface area (Å²) in [5.74, 6) is 0.987. The van der Waals surface area contributed by atoms with Crippen molar-refractivity contribution in [2.75, 3.05) is 10.2 Å². The smallest absolute Gasteiger partial charge is 0.291 e. The second-order valence-corrected chi connectivity index (χ2v) is 7.68. The number of benzene rings is 1. The Hall–Kier alpha value is -3.49. The summed E-state index contributed by atoms with van der Waals surface area (Å²) < 4.78 is 39.4. The number of anilines is 2. The van der Waals surface area contributed by atoms with E-state index in [9.17, 15) is 18.0 Å². The third kappa shape index (κ3) is 3.49. The van der Waals surface area contributed by atoms with Gasteiger partial charge in [0.2, 0.25) is 0 Å².